The Morgan fingerprint density at radius 2 is 1.77 bits per heavy atom. The van der Waals surface area contributed by atoms with Crippen LogP contribution in [0.25, 0.3) is 11.0 Å². The molecule has 0 unspecified atom stereocenters. The zero-order chi connectivity index (χ0) is 33.5. The fourth-order valence-corrected chi connectivity index (χ4v) is 8.00. The van der Waals surface area contributed by atoms with E-state index in [9.17, 15) is 13.3 Å². The highest BCUT2D eigenvalue weighted by Gasteiger charge is 2.36. The number of rotatable bonds is 10. The predicted molar refractivity (Wildman–Crippen MR) is 187 cm³/mol. The number of benzene rings is 2. The van der Waals surface area contributed by atoms with E-state index >= 15 is 0 Å². The van der Waals surface area contributed by atoms with Crippen molar-refractivity contribution in [3.05, 3.63) is 52.9 Å². The second-order valence-corrected chi connectivity index (χ2v) is 16.6. The molecule has 2 saturated heterocycles. The number of anilines is 5. The van der Waals surface area contributed by atoms with Gasteiger partial charge in [-0.3, -0.25) is 14.9 Å². The van der Waals surface area contributed by atoms with Gasteiger partial charge in [0, 0.05) is 74.2 Å². The van der Waals surface area contributed by atoms with Crippen molar-refractivity contribution in [2.45, 2.75) is 31.4 Å². The quantitative estimate of drug-likeness (QED) is 0.185. The molecule has 11 nitrogen and oxygen atoms in total. The lowest BCUT2D eigenvalue weighted by atomic mass is 9.96. The van der Waals surface area contributed by atoms with Crippen molar-refractivity contribution in [3.8, 4) is 5.75 Å². The standard InChI is InChI=1S/C32H39BrF2N9O2P/c1-42(2)20-17-44(18-20)19-8-12-43(13-9-19)26-15-27(46-3)25(14-21(26)30(34)35)40-32-38-16-22(33)31(41-32)39-24-7-6-23-28(37-11-10-36-23)29(24)47(4,5)45/h6-7,10-11,14-16,19-20,30H,8-9,12-13,17-18H2,1-5H3,(H2,38,39,40,41). The molecule has 47 heavy (non-hydrogen) atoms. The molecule has 2 aromatic heterocycles. The molecule has 0 aliphatic carbocycles. The minimum Gasteiger partial charge on any atom is -0.494 e. The van der Waals surface area contributed by atoms with Gasteiger partial charge in [0.15, 0.2) is 0 Å². The zero-order valence-corrected chi connectivity index (χ0v) is 29.5. The van der Waals surface area contributed by atoms with Gasteiger partial charge in [-0.05, 0) is 74.4 Å². The van der Waals surface area contributed by atoms with Crippen LogP contribution in [-0.4, -0.2) is 103 Å². The van der Waals surface area contributed by atoms with Crippen LogP contribution in [0.2, 0.25) is 0 Å². The van der Waals surface area contributed by atoms with E-state index in [0.717, 1.165) is 25.9 Å². The second kappa shape index (κ2) is 13.6. The number of nitrogens with one attached hydrogen (secondary N) is 2. The topological polar surface area (TPSA) is 112 Å². The third-order valence-corrected chi connectivity index (χ3v) is 11.0. The largest absolute Gasteiger partial charge is 0.494 e. The summed E-state index contributed by atoms with van der Waals surface area (Å²) < 4.78 is 48.7. The van der Waals surface area contributed by atoms with E-state index in [0.29, 0.717) is 74.6 Å². The smallest absolute Gasteiger partial charge is 0.265 e. The molecule has 0 saturated carbocycles. The highest BCUT2D eigenvalue weighted by atomic mass is 79.9. The third-order valence-electron chi connectivity index (χ3n) is 8.92. The molecule has 0 bridgehead atoms. The molecule has 4 heterocycles. The number of ether oxygens (including phenoxy) is 1. The van der Waals surface area contributed by atoms with E-state index in [1.54, 1.807) is 50.1 Å². The molecule has 6 rings (SSSR count). The Balaban J connectivity index is 1.24. The second-order valence-electron chi connectivity index (χ2n) is 12.6. The van der Waals surface area contributed by atoms with E-state index in [2.05, 4.69) is 70.4 Å². The molecule has 2 aliphatic rings. The van der Waals surface area contributed by atoms with Gasteiger partial charge < -0.3 is 29.7 Å². The average molecular weight is 731 g/mol. The number of methoxy groups -OCH3 is 1. The molecule has 0 radical (unpaired) electrons. The first-order chi connectivity index (χ1) is 22.4. The normalized spacial score (nSPS) is 16.6. The minimum atomic E-state index is -2.81. The zero-order valence-electron chi connectivity index (χ0n) is 27.0. The van der Waals surface area contributed by atoms with Crippen LogP contribution < -0.4 is 25.6 Å². The molecule has 2 aliphatic heterocycles. The van der Waals surface area contributed by atoms with Crippen LogP contribution in [0.4, 0.5) is 37.6 Å². The van der Waals surface area contributed by atoms with Gasteiger partial charge in [0.1, 0.15) is 24.2 Å². The summed E-state index contributed by atoms with van der Waals surface area (Å²) in [5, 5.41) is 6.89. The number of fused-ring (bicyclic) bond motifs is 1. The van der Waals surface area contributed by atoms with Crippen LogP contribution >= 0.6 is 23.1 Å². The molecule has 0 amide bonds. The van der Waals surface area contributed by atoms with Gasteiger partial charge in [0.2, 0.25) is 5.95 Å². The average Bonchev–Trinajstić information content (AvgIpc) is 3.01. The number of halogens is 3. The first kappa shape index (κ1) is 33.5. The molecule has 0 atom stereocenters. The lowest BCUT2D eigenvalue weighted by Crippen LogP contribution is -2.62. The summed E-state index contributed by atoms with van der Waals surface area (Å²) in [6.45, 7) is 6.85. The highest BCUT2D eigenvalue weighted by molar-refractivity contribution is 9.10. The summed E-state index contributed by atoms with van der Waals surface area (Å²) in [6.07, 6.45) is 3.85. The number of aromatic nitrogens is 4. The minimum absolute atomic E-state index is 0.0811. The van der Waals surface area contributed by atoms with Crippen molar-refractivity contribution >= 4 is 68.2 Å². The summed E-state index contributed by atoms with van der Waals surface area (Å²) >= 11 is 3.49. The van der Waals surface area contributed by atoms with Gasteiger partial charge >= 0.3 is 0 Å². The van der Waals surface area contributed by atoms with E-state index in [1.165, 1.54) is 13.2 Å². The third kappa shape index (κ3) is 7.06. The van der Waals surface area contributed by atoms with Crippen molar-refractivity contribution in [1.82, 2.24) is 29.7 Å². The summed E-state index contributed by atoms with van der Waals surface area (Å²) in [4.78, 5) is 24.6. The fraction of sp³-hybridized carbons (Fsp3) is 0.438. The van der Waals surface area contributed by atoms with Crippen LogP contribution in [0.5, 0.6) is 5.75 Å². The Bertz CT molecular complexity index is 1810. The fourth-order valence-electron chi connectivity index (χ4n) is 6.32. The SMILES string of the molecule is COc1cc(N2CCC(N3CC(N(C)C)C3)CC2)c(C(F)F)cc1Nc1ncc(Br)c(Nc2ccc3nccnc3c2P(C)(C)=O)n1. The molecule has 15 heteroatoms. The van der Waals surface area contributed by atoms with Gasteiger partial charge in [-0.2, -0.15) is 4.98 Å². The number of likely N-dealkylation sites (N-methyl/N-ethyl adjacent to an activating group) is 1. The number of alkyl halides is 2. The number of hydrogen-bond donors (Lipinski definition) is 2. The van der Waals surface area contributed by atoms with Crippen LogP contribution in [0.15, 0.2) is 47.3 Å². The van der Waals surface area contributed by atoms with Crippen molar-refractivity contribution in [1.29, 1.82) is 0 Å². The molecule has 4 aromatic rings. The maximum atomic E-state index is 14.5. The van der Waals surface area contributed by atoms with Gasteiger partial charge in [-0.25, -0.2) is 13.8 Å². The molecule has 2 N–H and O–H groups in total. The van der Waals surface area contributed by atoms with Crippen LogP contribution in [-0.2, 0) is 4.57 Å². The summed E-state index contributed by atoms with van der Waals surface area (Å²) in [6, 6.07) is 7.74. The van der Waals surface area contributed by atoms with Crippen LogP contribution in [0.3, 0.4) is 0 Å². The number of nitrogens with zero attached hydrogens (tertiary/aromatic N) is 7. The van der Waals surface area contributed by atoms with Gasteiger partial charge in [0.25, 0.3) is 6.43 Å². The Labute approximate surface area is 281 Å². The molecule has 2 fully saturated rings. The Kier molecular flexibility index (Phi) is 9.66. The van der Waals surface area contributed by atoms with Crippen molar-refractivity contribution < 1.29 is 18.1 Å². The number of likely N-dealkylation sites (tertiary alicyclic amines) is 1. The lowest BCUT2D eigenvalue weighted by molar-refractivity contribution is 0.0188. The van der Waals surface area contributed by atoms with E-state index in [-0.39, 0.29) is 11.5 Å². The van der Waals surface area contributed by atoms with Crippen LogP contribution in [0.1, 0.15) is 24.8 Å². The van der Waals surface area contributed by atoms with E-state index < -0.39 is 13.6 Å². The Hall–Kier alpha value is -3.45. The molecular weight excluding hydrogens is 691 g/mol. The predicted octanol–water partition coefficient (Wildman–Crippen LogP) is 6.08. The Morgan fingerprint density at radius 3 is 2.43 bits per heavy atom. The van der Waals surface area contributed by atoms with E-state index in [1.807, 2.05) is 4.90 Å². The highest BCUT2D eigenvalue weighted by Crippen LogP contribution is 2.43. The van der Waals surface area contributed by atoms with Crippen LogP contribution in [0, 0.1) is 0 Å². The van der Waals surface area contributed by atoms with Gasteiger partial charge in [0.05, 0.1) is 33.8 Å². The first-order valence-corrected chi connectivity index (χ1v) is 18.8. The molecular formula is C32H39BrF2N9O2P. The molecule has 2 aromatic carbocycles. The monoisotopic (exact) mass is 729 g/mol. The van der Waals surface area contributed by atoms with Gasteiger partial charge in [-0.1, -0.05) is 0 Å². The molecule has 250 valence electrons. The Morgan fingerprint density at radius 1 is 1.04 bits per heavy atom. The van der Waals surface area contributed by atoms with Crippen molar-refractivity contribution in [3.63, 3.8) is 0 Å². The van der Waals surface area contributed by atoms with Crippen molar-refractivity contribution in [2.24, 2.45) is 0 Å². The first-order valence-electron chi connectivity index (χ1n) is 15.4. The van der Waals surface area contributed by atoms with Gasteiger partial charge in [-0.15, -0.1) is 0 Å². The summed E-state index contributed by atoms with van der Waals surface area (Å²) in [5.41, 5.74) is 2.45. The summed E-state index contributed by atoms with van der Waals surface area (Å²) in [5.74, 6) is 0.941. The van der Waals surface area contributed by atoms with Crippen molar-refractivity contribution in [2.75, 3.05) is 76.2 Å². The summed E-state index contributed by atoms with van der Waals surface area (Å²) in [7, 11) is 2.92. The number of hydrogen-bond acceptors (Lipinski definition) is 11. The lowest BCUT2D eigenvalue weighted by Gasteiger charge is -2.49. The number of piperidine rings is 1. The maximum absolute atomic E-state index is 14.5. The molecule has 0 spiro atoms. The maximum Gasteiger partial charge on any atom is 0.265 e. The van der Waals surface area contributed by atoms with E-state index in [4.69, 9.17) is 4.74 Å².